The molecule has 19 heavy (non-hydrogen) atoms. The Labute approximate surface area is 133 Å². The van der Waals surface area contributed by atoms with Crippen LogP contribution >= 0.6 is 58.4 Å². The summed E-state index contributed by atoms with van der Waals surface area (Å²) in [5.41, 5.74) is 5.33. The van der Waals surface area contributed by atoms with E-state index >= 15 is 0 Å². The monoisotopic (exact) mass is 342 g/mol. The second-order valence-corrected chi connectivity index (χ2v) is 9.48. The maximum absolute atomic E-state index is 5.24. The van der Waals surface area contributed by atoms with E-state index in [0.717, 1.165) is 20.3 Å². The van der Waals surface area contributed by atoms with Gasteiger partial charge in [0, 0.05) is 11.5 Å². The van der Waals surface area contributed by atoms with E-state index in [2.05, 4.69) is 10.5 Å². The Bertz CT molecular complexity index is 613. The van der Waals surface area contributed by atoms with Gasteiger partial charge in [-0.25, -0.2) is 0 Å². The highest BCUT2D eigenvalue weighted by Crippen LogP contribution is 2.42. The van der Waals surface area contributed by atoms with Gasteiger partial charge in [0.2, 0.25) is 0 Å². The summed E-state index contributed by atoms with van der Waals surface area (Å²) in [5.74, 6) is 1.86. The van der Waals surface area contributed by atoms with Crippen LogP contribution in [0.2, 0.25) is 0 Å². The molecule has 0 saturated carbocycles. The van der Waals surface area contributed by atoms with E-state index in [1.807, 2.05) is 53.9 Å². The Morgan fingerprint density at radius 2 is 1.63 bits per heavy atom. The van der Waals surface area contributed by atoms with Crippen LogP contribution in [0.15, 0.2) is 43.9 Å². The summed E-state index contributed by atoms with van der Waals surface area (Å²) in [7, 11) is 0. The first-order valence-corrected chi connectivity index (χ1v) is 9.58. The zero-order chi connectivity index (χ0) is 13.1. The van der Waals surface area contributed by atoms with E-state index < -0.39 is 0 Å². The van der Waals surface area contributed by atoms with Gasteiger partial charge >= 0.3 is 0 Å². The fourth-order valence-corrected chi connectivity index (χ4v) is 7.59. The maximum Gasteiger partial charge on any atom is 0.145 e. The van der Waals surface area contributed by atoms with Crippen LogP contribution in [-0.4, -0.2) is 17.2 Å². The first-order valence-electron chi connectivity index (χ1n) is 5.57. The third-order valence-corrected chi connectivity index (χ3v) is 8.10. The smallest absolute Gasteiger partial charge is 0.145 e. The molecule has 0 radical (unpaired) electrons. The lowest BCUT2D eigenvalue weighted by Gasteiger charge is -2.03. The molecule has 7 heteroatoms. The average Bonchev–Trinajstić information content (AvgIpc) is 2.69. The van der Waals surface area contributed by atoms with Gasteiger partial charge in [-0.05, 0) is 12.1 Å². The molecular formula is C12H10N2S5. The van der Waals surface area contributed by atoms with Gasteiger partial charge in [0.25, 0.3) is 0 Å². The van der Waals surface area contributed by atoms with E-state index in [0.29, 0.717) is 0 Å². The number of anilines is 1. The number of nitrogens with one attached hydrogen (secondary N) is 1. The van der Waals surface area contributed by atoms with E-state index in [1.165, 1.54) is 14.1 Å². The van der Waals surface area contributed by atoms with E-state index in [9.17, 15) is 0 Å². The summed E-state index contributed by atoms with van der Waals surface area (Å²) >= 11 is 12.4. The quantitative estimate of drug-likeness (QED) is 0.598. The van der Waals surface area contributed by atoms with Crippen molar-refractivity contribution >= 4 is 69.8 Å². The van der Waals surface area contributed by atoms with Gasteiger partial charge in [-0.2, -0.15) is 5.10 Å². The maximum atomic E-state index is 5.24. The highest BCUT2D eigenvalue weighted by atomic mass is 32.2. The van der Waals surface area contributed by atoms with Crippen molar-refractivity contribution in [1.29, 1.82) is 0 Å². The minimum absolute atomic E-state index is 0.932. The van der Waals surface area contributed by atoms with E-state index in [-0.39, 0.29) is 0 Å². The minimum Gasteiger partial charge on any atom is -0.279 e. The highest BCUT2D eigenvalue weighted by Gasteiger charge is 2.16. The molecule has 0 fully saturated rings. The molecule has 0 atom stereocenters. The topological polar surface area (TPSA) is 24.4 Å². The van der Waals surface area contributed by atoms with Gasteiger partial charge in [-0.3, -0.25) is 5.43 Å². The van der Waals surface area contributed by atoms with Crippen molar-refractivity contribution in [3.05, 3.63) is 33.5 Å². The Hall–Kier alpha value is -0.340. The van der Waals surface area contributed by atoms with Crippen LogP contribution in [0.25, 0.3) is 0 Å². The molecule has 3 rings (SSSR count). The van der Waals surface area contributed by atoms with Crippen LogP contribution in [0.1, 0.15) is 0 Å². The normalized spacial score (nSPS) is 14.6. The summed E-state index contributed by atoms with van der Waals surface area (Å²) in [4.78, 5) is 0. The van der Waals surface area contributed by atoms with Crippen molar-refractivity contribution in [2.24, 2.45) is 5.10 Å². The van der Waals surface area contributed by atoms with Gasteiger partial charge in [0.1, 0.15) is 3.14 Å². The molecule has 0 saturated heterocycles. The van der Waals surface area contributed by atoms with Crippen molar-refractivity contribution in [3.8, 4) is 0 Å². The summed E-state index contributed by atoms with van der Waals surface area (Å²) in [6, 6.07) is 10.0. The number of para-hydroxylation sites is 1. The summed E-state index contributed by atoms with van der Waals surface area (Å²) < 4.78 is 3.72. The SMILES string of the molecule is S=c1sc2c(s1)SCC(=NNc1ccccc1)CS2. The van der Waals surface area contributed by atoms with Crippen LogP contribution in [0.3, 0.4) is 0 Å². The van der Waals surface area contributed by atoms with Crippen molar-refractivity contribution in [1.82, 2.24) is 0 Å². The molecule has 2 aromatic rings. The molecule has 1 aliphatic heterocycles. The van der Waals surface area contributed by atoms with E-state index in [4.69, 9.17) is 12.2 Å². The molecule has 1 aromatic heterocycles. The number of hydrogen-bond acceptors (Lipinski definition) is 7. The van der Waals surface area contributed by atoms with Crippen LogP contribution in [-0.2, 0) is 0 Å². The largest absolute Gasteiger partial charge is 0.279 e. The molecule has 98 valence electrons. The summed E-state index contributed by atoms with van der Waals surface area (Å²) in [5, 5.41) is 4.51. The second kappa shape index (κ2) is 6.41. The molecule has 0 amide bonds. The number of benzene rings is 1. The molecule has 0 unspecified atom stereocenters. The third kappa shape index (κ3) is 3.61. The number of nitrogens with zero attached hydrogens (tertiary/aromatic N) is 1. The molecule has 0 bridgehead atoms. The van der Waals surface area contributed by atoms with Crippen molar-refractivity contribution < 1.29 is 0 Å². The third-order valence-electron chi connectivity index (χ3n) is 2.38. The predicted molar refractivity (Wildman–Crippen MR) is 92.0 cm³/mol. The van der Waals surface area contributed by atoms with Crippen LogP contribution < -0.4 is 5.43 Å². The van der Waals surface area contributed by atoms with Crippen molar-refractivity contribution in [2.45, 2.75) is 8.42 Å². The lowest BCUT2D eigenvalue weighted by molar-refractivity contribution is 1.32. The zero-order valence-corrected chi connectivity index (χ0v) is 13.9. The number of fused-ring (bicyclic) bond motifs is 1. The van der Waals surface area contributed by atoms with Gasteiger partial charge in [-0.15, -0.1) is 46.2 Å². The molecule has 2 heterocycles. The molecule has 0 spiro atoms. The molecule has 1 aromatic carbocycles. The molecule has 1 aliphatic rings. The molecule has 0 aliphatic carbocycles. The fourth-order valence-electron chi connectivity index (χ4n) is 1.49. The molecule has 2 nitrogen and oxygen atoms in total. The number of hydrazone groups is 1. The minimum atomic E-state index is 0.932. The predicted octanol–water partition coefficient (Wildman–Crippen LogP) is 5.20. The van der Waals surface area contributed by atoms with Gasteiger partial charge in [0.15, 0.2) is 0 Å². The Balaban J connectivity index is 1.68. The summed E-state index contributed by atoms with van der Waals surface area (Å²) in [6.07, 6.45) is 0. The van der Waals surface area contributed by atoms with Crippen molar-refractivity contribution in [2.75, 3.05) is 16.9 Å². The number of thioether (sulfide) groups is 2. The first kappa shape index (κ1) is 13.6. The average molecular weight is 343 g/mol. The standard InChI is InChI=1S/C12H10N2S5/c15-12-18-10-11(19-12)17-7-9(6-16-10)14-13-8-4-2-1-3-5-8/h1-5,13H,6-7H2. The number of hydrogen-bond donors (Lipinski definition) is 1. The van der Waals surface area contributed by atoms with Gasteiger partial charge < -0.3 is 0 Å². The van der Waals surface area contributed by atoms with E-state index in [1.54, 1.807) is 22.7 Å². The van der Waals surface area contributed by atoms with Crippen LogP contribution in [0.4, 0.5) is 5.69 Å². The Morgan fingerprint density at radius 1 is 1.00 bits per heavy atom. The second-order valence-electron chi connectivity index (χ2n) is 3.76. The highest BCUT2D eigenvalue weighted by molar-refractivity contribution is 8.07. The van der Waals surface area contributed by atoms with Crippen LogP contribution in [0.5, 0.6) is 0 Å². The molecule has 1 N–H and O–H groups in total. The molecular weight excluding hydrogens is 332 g/mol. The van der Waals surface area contributed by atoms with Crippen molar-refractivity contribution in [3.63, 3.8) is 0 Å². The first-order chi connectivity index (χ1) is 9.31. The Kier molecular flexibility index (Phi) is 4.60. The van der Waals surface area contributed by atoms with Gasteiger partial charge in [-0.1, -0.05) is 30.4 Å². The zero-order valence-electron chi connectivity index (χ0n) is 9.79. The van der Waals surface area contributed by atoms with Gasteiger partial charge in [0.05, 0.1) is 19.8 Å². The lowest BCUT2D eigenvalue weighted by atomic mass is 10.3. The van der Waals surface area contributed by atoms with Crippen LogP contribution in [0, 0.1) is 3.14 Å². The number of rotatable bonds is 2. The lowest BCUT2D eigenvalue weighted by Crippen LogP contribution is -2.07. The Morgan fingerprint density at radius 3 is 2.26 bits per heavy atom. The fraction of sp³-hybridized carbons (Fsp3) is 0.167. The summed E-state index contributed by atoms with van der Waals surface area (Å²) in [6.45, 7) is 0.